The molecule has 0 spiro atoms. The molecule has 2 aromatic rings. The van der Waals surface area contributed by atoms with E-state index in [9.17, 15) is 9.18 Å². The zero-order valence-corrected chi connectivity index (χ0v) is 13.9. The minimum atomic E-state index is -0.477. The molecule has 2 unspecified atom stereocenters. The summed E-state index contributed by atoms with van der Waals surface area (Å²) in [6.07, 6.45) is 3.50. The van der Waals surface area contributed by atoms with E-state index in [-0.39, 0.29) is 11.9 Å². The normalized spacial score (nSPS) is 24.8. The molecule has 2 aliphatic rings. The quantitative estimate of drug-likeness (QED) is 0.875. The second-order valence-corrected chi connectivity index (χ2v) is 6.82. The first-order valence-electron chi connectivity index (χ1n) is 8.76. The van der Waals surface area contributed by atoms with E-state index >= 15 is 0 Å². The summed E-state index contributed by atoms with van der Waals surface area (Å²) in [5, 5.41) is 6.31. The number of rotatable bonds is 3. The van der Waals surface area contributed by atoms with Crippen molar-refractivity contribution in [2.45, 2.75) is 43.9 Å². The number of piperidine rings is 1. The van der Waals surface area contributed by atoms with Crippen molar-refractivity contribution in [1.82, 2.24) is 5.32 Å². The average Bonchev–Trinajstić information content (AvgIpc) is 2.95. The molecule has 4 rings (SSSR count). The zero-order chi connectivity index (χ0) is 17.2. The Bertz CT molecular complexity index is 754. The number of carbonyl (C=O) groups is 1. The monoisotopic (exact) mass is 340 g/mol. The lowest BCUT2D eigenvalue weighted by Crippen LogP contribution is -2.42. The maximum absolute atomic E-state index is 13.7. The predicted molar refractivity (Wildman–Crippen MR) is 94.9 cm³/mol. The van der Waals surface area contributed by atoms with E-state index in [1.165, 1.54) is 12.1 Å². The molecule has 130 valence electrons. The number of halogens is 1. The number of hydrogen-bond acceptors (Lipinski definition) is 3. The fraction of sp³-hybridized carbons (Fsp3) is 0.350. The Hall–Kier alpha value is -2.40. The predicted octanol–water partition coefficient (Wildman–Crippen LogP) is 4.32. The van der Waals surface area contributed by atoms with Crippen molar-refractivity contribution in [3.63, 3.8) is 0 Å². The Labute approximate surface area is 146 Å². The van der Waals surface area contributed by atoms with E-state index in [4.69, 9.17) is 4.74 Å². The number of carbonyl (C=O) groups excluding carboxylic acids is 1. The Morgan fingerprint density at radius 1 is 1.08 bits per heavy atom. The van der Waals surface area contributed by atoms with Crippen LogP contribution in [0.3, 0.4) is 0 Å². The van der Waals surface area contributed by atoms with Gasteiger partial charge in [-0.3, -0.25) is 5.32 Å². The summed E-state index contributed by atoms with van der Waals surface area (Å²) in [7, 11) is 0. The van der Waals surface area contributed by atoms with Crippen LogP contribution < -0.4 is 10.6 Å². The third-order valence-electron chi connectivity index (χ3n) is 5.01. The average molecular weight is 340 g/mol. The number of benzene rings is 2. The van der Waals surface area contributed by atoms with Gasteiger partial charge < -0.3 is 10.1 Å². The molecule has 2 N–H and O–H groups in total. The van der Waals surface area contributed by atoms with Crippen LogP contribution in [0.15, 0.2) is 48.5 Å². The highest BCUT2D eigenvalue weighted by Crippen LogP contribution is 2.31. The van der Waals surface area contributed by atoms with Gasteiger partial charge in [-0.15, -0.1) is 0 Å². The highest BCUT2D eigenvalue weighted by molar-refractivity contribution is 5.91. The fourth-order valence-electron chi connectivity index (χ4n) is 3.87. The largest absolute Gasteiger partial charge is 0.446 e. The van der Waals surface area contributed by atoms with E-state index in [0.29, 0.717) is 23.3 Å². The van der Waals surface area contributed by atoms with Crippen LogP contribution in [0.5, 0.6) is 0 Å². The first-order chi connectivity index (χ1) is 12.2. The second-order valence-electron chi connectivity index (χ2n) is 6.82. The van der Waals surface area contributed by atoms with Crippen LogP contribution in [-0.4, -0.2) is 24.3 Å². The fourth-order valence-corrected chi connectivity index (χ4v) is 3.87. The minimum Gasteiger partial charge on any atom is -0.446 e. The Morgan fingerprint density at radius 3 is 2.52 bits per heavy atom. The topological polar surface area (TPSA) is 50.4 Å². The van der Waals surface area contributed by atoms with Crippen LogP contribution in [0.1, 0.15) is 25.7 Å². The summed E-state index contributed by atoms with van der Waals surface area (Å²) >= 11 is 0. The van der Waals surface area contributed by atoms with Crippen molar-refractivity contribution in [2.24, 2.45) is 0 Å². The van der Waals surface area contributed by atoms with Crippen molar-refractivity contribution < 1.29 is 13.9 Å². The number of fused-ring (bicyclic) bond motifs is 2. The molecule has 2 heterocycles. The van der Waals surface area contributed by atoms with E-state index in [2.05, 4.69) is 10.6 Å². The molecule has 2 fully saturated rings. The number of anilines is 1. The molecule has 0 radical (unpaired) electrons. The summed E-state index contributed by atoms with van der Waals surface area (Å²) in [6.45, 7) is 0. The number of ether oxygens (including phenoxy) is 1. The van der Waals surface area contributed by atoms with E-state index in [1.807, 2.05) is 30.3 Å². The molecule has 2 saturated heterocycles. The van der Waals surface area contributed by atoms with Crippen LogP contribution in [0, 0.1) is 5.82 Å². The van der Waals surface area contributed by atoms with Crippen molar-refractivity contribution in [3.05, 3.63) is 54.3 Å². The molecule has 2 aromatic carbocycles. The SMILES string of the molecule is O=C(Nc1ccc(F)cc1-c1ccccc1)OC1CC2CCC(C1)N2. The third kappa shape index (κ3) is 3.66. The first kappa shape index (κ1) is 16.1. The molecule has 0 saturated carbocycles. The van der Waals surface area contributed by atoms with Crippen molar-refractivity contribution in [3.8, 4) is 11.1 Å². The Balaban J connectivity index is 1.48. The van der Waals surface area contributed by atoms with Gasteiger partial charge >= 0.3 is 6.09 Å². The van der Waals surface area contributed by atoms with Crippen LogP contribution in [-0.2, 0) is 4.74 Å². The summed E-state index contributed by atoms with van der Waals surface area (Å²) in [5.41, 5.74) is 2.04. The van der Waals surface area contributed by atoms with Gasteiger partial charge in [0.25, 0.3) is 0 Å². The molecule has 5 heteroatoms. The van der Waals surface area contributed by atoms with E-state index in [0.717, 1.165) is 31.2 Å². The molecule has 2 atom stereocenters. The van der Waals surface area contributed by atoms with E-state index in [1.54, 1.807) is 6.07 Å². The zero-order valence-electron chi connectivity index (χ0n) is 13.9. The van der Waals surface area contributed by atoms with Crippen LogP contribution in [0.25, 0.3) is 11.1 Å². The standard InChI is InChI=1S/C20H21FN2O2/c21-14-6-9-19(18(10-14)13-4-2-1-3-5-13)23-20(24)25-17-11-15-7-8-16(12-17)22-15/h1-6,9-10,15-17,22H,7-8,11-12H2,(H,23,24). The number of nitrogens with one attached hydrogen (secondary N) is 2. The molecule has 0 aromatic heterocycles. The molecule has 0 aliphatic carbocycles. The molecule has 2 aliphatic heterocycles. The molecular weight excluding hydrogens is 319 g/mol. The molecular formula is C20H21FN2O2. The summed E-state index contributed by atoms with van der Waals surface area (Å²) < 4.78 is 19.3. The molecule has 2 bridgehead atoms. The van der Waals surface area contributed by atoms with Gasteiger partial charge in [-0.2, -0.15) is 0 Å². The Kier molecular flexibility index (Phi) is 4.40. The maximum atomic E-state index is 13.7. The van der Waals surface area contributed by atoms with Gasteiger partial charge in [-0.05, 0) is 49.4 Å². The van der Waals surface area contributed by atoms with Gasteiger partial charge in [0.2, 0.25) is 0 Å². The first-order valence-corrected chi connectivity index (χ1v) is 8.76. The third-order valence-corrected chi connectivity index (χ3v) is 5.01. The number of hydrogen-bond donors (Lipinski definition) is 2. The van der Waals surface area contributed by atoms with Crippen LogP contribution >= 0.6 is 0 Å². The lowest BCUT2D eigenvalue weighted by Gasteiger charge is -2.28. The Morgan fingerprint density at radius 2 is 1.80 bits per heavy atom. The van der Waals surface area contributed by atoms with Gasteiger partial charge in [-0.1, -0.05) is 30.3 Å². The van der Waals surface area contributed by atoms with Crippen LogP contribution in [0.2, 0.25) is 0 Å². The maximum Gasteiger partial charge on any atom is 0.411 e. The van der Waals surface area contributed by atoms with Gasteiger partial charge in [0.15, 0.2) is 0 Å². The van der Waals surface area contributed by atoms with Crippen molar-refractivity contribution in [1.29, 1.82) is 0 Å². The highest BCUT2D eigenvalue weighted by atomic mass is 19.1. The smallest absolute Gasteiger partial charge is 0.411 e. The minimum absolute atomic E-state index is 0.0561. The van der Waals surface area contributed by atoms with E-state index < -0.39 is 6.09 Å². The lowest BCUT2D eigenvalue weighted by atomic mass is 10.0. The van der Waals surface area contributed by atoms with Gasteiger partial charge in [0, 0.05) is 17.6 Å². The number of amides is 1. The molecule has 25 heavy (non-hydrogen) atoms. The van der Waals surface area contributed by atoms with Crippen molar-refractivity contribution >= 4 is 11.8 Å². The summed E-state index contributed by atoms with van der Waals surface area (Å²) in [4.78, 5) is 12.3. The summed E-state index contributed by atoms with van der Waals surface area (Å²) in [6, 6.07) is 14.7. The second kappa shape index (κ2) is 6.84. The van der Waals surface area contributed by atoms with Gasteiger partial charge in [-0.25, -0.2) is 9.18 Å². The lowest BCUT2D eigenvalue weighted by molar-refractivity contribution is 0.0774. The van der Waals surface area contributed by atoms with Gasteiger partial charge in [0.05, 0.1) is 5.69 Å². The molecule has 4 nitrogen and oxygen atoms in total. The molecule has 1 amide bonds. The summed E-state index contributed by atoms with van der Waals surface area (Å²) in [5.74, 6) is -0.340. The van der Waals surface area contributed by atoms with Crippen LogP contribution in [0.4, 0.5) is 14.9 Å². The van der Waals surface area contributed by atoms with Gasteiger partial charge in [0.1, 0.15) is 11.9 Å². The highest BCUT2D eigenvalue weighted by Gasteiger charge is 2.35. The van der Waals surface area contributed by atoms with Crippen molar-refractivity contribution in [2.75, 3.05) is 5.32 Å².